The molecule has 0 atom stereocenters. The second-order valence-electron chi connectivity index (χ2n) is 16.8. The molecule has 2 aromatic carbocycles. The maximum atomic E-state index is 14.9. The van der Waals surface area contributed by atoms with Crippen LogP contribution < -0.4 is 15.4 Å². The van der Waals surface area contributed by atoms with Gasteiger partial charge in [-0.2, -0.15) is 0 Å². The fourth-order valence-electron chi connectivity index (χ4n) is 7.05. The normalized spacial score (nSPS) is 13.7. The zero-order valence-corrected chi connectivity index (χ0v) is 37.4. The minimum absolute atomic E-state index is 0.0315. The molecule has 2 aromatic heterocycles. The number of aromatic amines is 1. The molecule has 5 rings (SSSR count). The summed E-state index contributed by atoms with van der Waals surface area (Å²) in [6.07, 6.45) is 10.2. The molecule has 16 nitrogen and oxygen atoms in total. The van der Waals surface area contributed by atoms with Gasteiger partial charge in [-0.1, -0.05) is 18.9 Å². The van der Waals surface area contributed by atoms with Gasteiger partial charge in [0.15, 0.2) is 11.6 Å². The first-order valence-corrected chi connectivity index (χ1v) is 22.2. The third-order valence-electron chi connectivity index (χ3n) is 10.5. The summed E-state index contributed by atoms with van der Waals surface area (Å²) in [5.41, 5.74) is 0.806. The van der Waals surface area contributed by atoms with E-state index in [0.29, 0.717) is 113 Å². The Bertz CT molecular complexity index is 2040. The number of hydrogen-bond acceptors (Lipinski definition) is 12. The van der Waals surface area contributed by atoms with Crippen molar-refractivity contribution in [1.82, 2.24) is 30.4 Å². The molecule has 1 saturated heterocycles. The number of aliphatic carboxylic acids is 1. The molecule has 4 aromatic rings. The number of benzene rings is 2. The fraction of sp³-hybridized carbons (Fsp3) is 0.532. The number of ether oxygens (including phenoxy) is 5. The summed E-state index contributed by atoms with van der Waals surface area (Å²) >= 11 is 0. The number of aromatic nitrogens is 4. The minimum atomic E-state index is -0.762. The topological polar surface area (TPSA) is 199 Å². The van der Waals surface area contributed by atoms with Crippen molar-refractivity contribution in [2.75, 3.05) is 64.7 Å². The largest absolute Gasteiger partial charge is 0.494 e. The Morgan fingerprint density at radius 1 is 0.812 bits per heavy atom. The minimum Gasteiger partial charge on any atom is -0.494 e. The summed E-state index contributed by atoms with van der Waals surface area (Å²) in [6.45, 7) is 10.1. The second kappa shape index (κ2) is 25.6. The van der Waals surface area contributed by atoms with E-state index < -0.39 is 22.9 Å². The van der Waals surface area contributed by atoms with E-state index in [1.54, 1.807) is 47.6 Å². The number of carboxylic acid groups (broad SMARTS) is 1. The summed E-state index contributed by atoms with van der Waals surface area (Å²) < 4.78 is 43.1. The number of likely N-dealkylation sites (tertiary alicyclic amines) is 1. The number of anilines is 1. The highest BCUT2D eigenvalue weighted by molar-refractivity contribution is 5.95. The lowest BCUT2D eigenvalue weighted by Gasteiger charge is -2.41. The highest BCUT2D eigenvalue weighted by Crippen LogP contribution is 2.36. The van der Waals surface area contributed by atoms with Crippen molar-refractivity contribution in [1.29, 1.82) is 0 Å². The van der Waals surface area contributed by atoms with Gasteiger partial charge < -0.3 is 49.3 Å². The number of pyridine rings is 1. The number of carboxylic acids is 1. The van der Waals surface area contributed by atoms with Gasteiger partial charge in [-0.25, -0.2) is 9.18 Å². The number of piperidine rings is 1. The Morgan fingerprint density at radius 2 is 1.47 bits per heavy atom. The summed E-state index contributed by atoms with van der Waals surface area (Å²) in [6, 6.07) is 15.3. The Balaban J connectivity index is 1.03. The third-order valence-corrected chi connectivity index (χ3v) is 10.5. The van der Waals surface area contributed by atoms with E-state index in [1.807, 2.05) is 39.0 Å². The van der Waals surface area contributed by atoms with Gasteiger partial charge in [0.25, 0.3) is 5.91 Å². The SMILES string of the molecule is CC(C)(C)OC(=O)N1CCC(Nc2cccc(C(=O)NCc3cc(OCCCCCCOCCOCCOCCCCCC(=O)O)ccc3F)c2)(c2nnc(-c3ccncc3)[nH]2)CC1. The molecule has 0 saturated carbocycles. The van der Waals surface area contributed by atoms with E-state index >= 15 is 0 Å². The van der Waals surface area contributed by atoms with E-state index in [2.05, 4.69) is 30.8 Å². The number of halogens is 1. The van der Waals surface area contributed by atoms with E-state index in [1.165, 1.54) is 6.07 Å². The van der Waals surface area contributed by atoms with Crippen molar-refractivity contribution in [2.24, 2.45) is 0 Å². The van der Waals surface area contributed by atoms with Crippen LogP contribution >= 0.6 is 0 Å². The standard InChI is InChI=1S/C47H64FN7O9/c1-46(2,3)64-45(59)55-23-19-47(20-24-55,44-51-42(53-54-44)35-17-21-49-22-18-35)52-38-13-11-12-36(32-38)43(58)50-34-37-33-39(15-16-40(37)48)63-27-10-5-4-8-25-60-28-30-62-31-29-61-26-9-6-7-14-41(56)57/h11-13,15-18,21-22,32-33,52H,4-10,14,19-20,23-31,34H2,1-3H3,(H,50,58)(H,56,57)(H,51,53,54). The number of carbonyl (C=O) groups excluding carboxylic acids is 2. The summed E-state index contributed by atoms with van der Waals surface area (Å²) in [4.78, 5) is 46.1. The van der Waals surface area contributed by atoms with Crippen molar-refractivity contribution >= 4 is 23.7 Å². The number of nitrogens with zero attached hydrogens (tertiary/aromatic N) is 4. The first-order chi connectivity index (χ1) is 30.9. The zero-order valence-electron chi connectivity index (χ0n) is 37.4. The molecule has 348 valence electrons. The predicted octanol–water partition coefficient (Wildman–Crippen LogP) is 7.91. The first kappa shape index (κ1) is 49.4. The zero-order chi connectivity index (χ0) is 45.6. The molecular weight excluding hydrogens is 826 g/mol. The number of carbonyl (C=O) groups is 3. The molecule has 2 amide bonds. The quantitative estimate of drug-likeness (QED) is 0.0422. The molecule has 1 aliphatic rings. The van der Waals surface area contributed by atoms with Crippen LogP contribution in [0.2, 0.25) is 0 Å². The van der Waals surface area contributed by atoms with Crippen LogP contribution in [0.25, 0.3) is 11.4 Å². The van der Waals surface area contributed by atoms with Crippen LogP contribution in [0, 0.1) is 5.82 Å². The highest BCUT2D eigenvalue weighted by atomic mass is 19.1. The van der Waals surface area contributed by atoms with E-state index in [9.17, 15) is 18.8 Å². The van der Waals surface area contributed by atoms with Crippen LogP contribution in [0.15, 0.2) is 67.0 Å². The number of rotatable bonds is 27. The molecule has 4 N–H and O–H groups in total. The molecule has 1 fully saturated rings. The van der Waals surface area contributed by atoms with Crippen LogP contribution in [0.5, 0.6) is 5.75 Å². The van der Waals surface area contributed by atoms with Gasteiger partial charge >= 0.3 is 12.1 Å². The smallest absolute Gasteiger partial charge is 0.410 e. The van der Waals surface area contributed by atoms with Gasteiger partial charge in [0.2, 0.25) is 0 Å². The van der Waals surface area contributed by atoms with Crippen molar-refractivity contribution in [2.45, 2.75) is 103 Å². The number of unbranched alkanes of at least 4 members (excludes halogenated alkanes) is 5. The number of amides is 2. The molecular formula is C47H64FN7O9. The van der Waals surface area contributed by atoms with Gasteiger partial charge in [0.05, 0.1) is 33.0 Å². The van der Waals surface area contributed by atoms with Crippen LogP contribution in [-0.4, -0.2) is 113 Å². The van der Waals surface area contributed by atoms with Crippen molar-refractivity contribution in [3.05, 3.63) is 89.8 Å². The molecule has 0 unspecified atom stereocenters. The molecule has 0 aliphatic carbocycles. The summed E-state index contributed by atoms with van der Waals surface area (Å²) in [5, 5.41) is 24.1. The van der Waals surface area contributed by atoms with Gasteiger partial charge in [-0.3, -0.25) is 14.6 Å². The van der Waals surface area contributed by atoms with Crippen molar-refractivity contribution in [3.63, 3.8) is 0 Å². The average Bonchev–Trinajstić information content (AvgIpc) is 3.79. The lowest BCUT2D eigenvalue weighted by molar-refractivity contribution is -0.137. The van der Waals surface area contributed by atoms with E-state index in [-0.39, 0.29) is 25.0 Å². The lowest BCUT2D eigenvalue weighted by atomic mass is 9.86. The fourth-order valence-corrected chi connectivity index (χ4v) is 7.05. The monoisotopic (exact) mass is 889 g/mol. The molecule has 0 radical (unpaired) electrons. The summed E-state index contributed by atoms with van der Waals surface area (Å²) in [5.74, 6) is 0.134. The Kier molecular flexibility index (Phi) is 19.7. The molecule has 1 aliphatic heterocycles. The van der Waals surface area contributed by atoms with Crippen LogP contribution in [-0.2, 0) is 35.8 Å². The Hall–Kier alpha value is -5.65. The number of hydrogen-bond donors (Lipinski definition) is 4. The Labute approximate surface area is 375 Å². The third kappa shape index (κ3) is 16.8. The summed E-state index contributed by atoms with van der Waals surface area (Å²) in [7, 11) is 0. The number of nitrogens with one attached hydrogen (secondary N) is 3. The van der Waals surface area contributed by atoms with Crippen molar-refractivity contribution < 1.29 is 47.6 Å². The average molecular weight is 890 g/mol. The predicted molar refractivity (Wildman–Crippen MR) is 238 cm³/mol. The first-order valence-electron chi connectivity index (χ1n) is 22.2. The van der Waals surface area contributed by atoms with Gasteiger partial charge in [0.1, 0.15) is 22.7 Å². The van der Waals surface area contributed by atoms with Crippen molar-refractivity contribution in [3.8, 4) is 17.1 Å². The van der Waals surface area contributed by atoms with Crippen LogP contribution in [0.3, 0.4) is 0 Å². The van der Waals surface area contributed by atoms with E-state index in [4.69, 9.17) is 28.8 Å². The van der Waals surface area contributed by atoms with Gasteiger partial charge in [-0.15, -0.1) is 10.2 Å². The number of H-pyrrole nitrogens is 1. The molecule has 0 bridgehead atoms. The molecule has 64 heavy (non-hydrogen) atoms. The van der Waals surface area contributed by atoms with Crippen LogP contribution in [0.4, 0.5) is 14.9 Å². The van der Waals surface area contributed by atoms with Crippen LogP contribution in [0.1, 0.15) is 107 Å². The van der Waals surface area contributed by atoms with E-state index in [0.717, 1.165) is 44.1 Å². The Morgan fingerprint density at radius 3 is 2.14 bits per heavy atom. The molecule has 0 spiro atoms. The molecule has 3 heterocycles. The van der Waals surface area contributed by atoms with Gasteiger partial charge in [0, 0.05) is 74.0 Å². The lowest BCUT2D eigenvalue weighted by Crippen LogP contribution is -2.50. The molecule has 17 heteroatoms. The van der Waals surface area contributed by atoms with Gasteiger partial charge in [-0.05, 0) is 114 Å². The highest BCUT2D eigenvalue weighted by Gasteiger charge is 2.41. The maximum absolute atomic E-state index is 14.9. The second-order valence-corrected chi connectivity index (χ2v) is 16.8. The maximum Gasteiger partial charge on any atom is 0.410 e.